The SMILES string of the molecule is CCCCCCCCCCCC[NH3+].CCCCCCCCCCCC[NH3+].O=C([O-])CC(OCC(=O)O)C(=O)[O-]. The van der Waals surface area contributed by atoms with Gasteiger partial charge in [0.25, 0.3) is 0 Å². The van der Waals surface area contributed by atoms with E-state index in [0.717, 1.165) is 13.1 Å². The zero-order valence-corrected chi connectivity index (χ0v) is 25.4. The third-order valence-corrected chi connectivity index (χ3v) is 6.23. The average molecular weight is 563 g/mol. The fourth-order valence-corrected chi connectivity index (χ4v) is 3.86. The zero-order chi connectivity index (χ0) is 30.0. The summed E-state index contributed by atoms with van der Waals surface area (Å²) in [5.41, 5.74) is 7.71. The lowest BCUT2D eigenvalue weighted by Crippen LogP contribution is -2.50. The molecule has 0 heterocycles. The zero-order valence-electron chi connectivity index (χ0n) is 25.4. The molecule has 9 heteroatoms. The Bertz CT molecular complexity index is 491. The smallest absolute Gasteiger partial charge is 0.329 e. The largest absolute Gasteiger partial charge is 0.550 e. The molecule has 0 rings (SSSR count). The van der Waals surface area contributed by atoms with E-state index in [2.05, 4.69) is 30.1 Å². The number of carbonyl (C=O) groups excluding carboxylic acids is 2. The molecule has 234 valence electrons. The van der Waals surface area contributed by atoms with E-state index in [1.807, 2.05) is 0 Å². The molecule has 7 N–H and O–H groups in total. The van der Waals surface area contributed by atoms with Crippen LogP contribution in [0.25, 0.3) is 0 Å². The molecular formula is C30H62N2O7. The maximum atomic E-state index is 10.1. The lowest BCUT2D eigenvalue weighted by atomic mass is 10.1. The van der Waals surface area contributed by atoms with Gasteiger partial charge in [0.05, 0.1) is 19.1 Å². The number of hydrogen-bond acceptors (Lipinski definition) is 6. The standard InChI is InChI=1S/2C12H27N.C6H8O7/c2*1-2-3-4-5-6-7-8-9-10-11-12-13;7-4(8)1-3(6(11)12)13-2-5(9)10/h2*2-13H2,1H3;3H,1-2H2,(H,7,8)(H,9,10)(H,11,12). The molecule has 0 bridgehead atoms. The van der Waals surface area contributed by atoms with Gasteiger partial charge in [0.2, 0.25) is 0 Å². The van der Waals surface area contributed by atoms with Crippen LogP contribution in [0.15, 0.2) is 0 Å². The summed E-state index contributed by atoms with van der Waals surface area (Å²) in [5.74, 6) is -4.84. The van der Waals surface area contributed by atoms with Gasteiger partial charge in [-0.25, -0.2) is 4.79 Å². The first-order valence-electron chi connectivity index (χ1n) is 15.6. The van der Waals surface area contributed by atoms with Gasteiger partial charge >= 0.3 is 5.97 Å². The molecule has 0 radical (unpaired) electrons. The molecule has 0 aromatic carbocycles. The molecule has 0 aromatic rings. The first kappa shape index (κ1) is 41.8. The van der Waals surface area contributed by atoms with Crippen LogP contribution in [0.5, 0.6) is 0 Å². The van der Waals surface area contributed by atoms with Gasteiger partial charge in [-0.2, -0.15) is 0 Å². The second-order valence-corrected chi connectivity index (χ2v) is 10.2. The maximum absolute atomic E-state index is 10.1. The highest BCUT2D eigenvalue weighted by Gasteiger charge is 2.12. The number of rotatable bonds is 26. The van der Waals surface area contributed by atoms with Crippen LogP contribution in [0.1, 0.15) is 149 Å². The predicted octanol–water partition coefficient (Wildman–Crippen LogP) is 2.64. The van der Waals surface area contributed by atoms with Crippen LogP contribution in [0.2, 0.25) is 0 Å². The number of carboxylic acid groups (broad SMARTS) is 3. The van der Waals surface area contributed by atoms with Crippen molar-refractivity contribution in [1.82, 2.24) is 0 Å². The van der Waals surface area contributed by atoms with Crippen LogP contribution in [-0.4, -0.2) is 48.8 Å². The summed E-state index contributed by atoms with van der Waals surface area (Å²) in [6, 6.07) is 0. The van der Waals surface area contributed by atoms with E-state index in [1.54, 1.807) is 0 Å². The Morgan fingerprint density at radius 3 is 1.15 bits per heavy atom. The fourth-order valence-electron chi connectivity index (χ4n) is 3.86. The Labute approximate surface area is 238 Å². The highest BCUT2D eigenvalue weighted by Crippen LogP contribution is 2.10. The van der Waals surface area contributed by atoms with Gasteiger partial charge in [0.15, 0.2) is 0 Å². The van der Waals surface area contributed by atoms with Gasteiger partial charge < -0.3 is 41.1 Å². The molecule has 0 saturated carbocycles. The van der Waals surface area contributed by atoms with E-state index >= 15 is 0 Å². The Morgan fingerprint density at radius 2 is 0.923 bits per heavy atom. The summed E-state index contributed by atoms with van der Waals surface area (Å²) in [4.78, 5) is 30.0. The van der Waals surface area contributed by atoms with Crippen molar-refractivity contribution in [1.29, 1.82) is 0 Å². The highest BCUT2D eigenvalue weighted by atomic mass is 16.5. The summed E-state index contributed by atoms with van der Waals surface area (Å²) >= 11 is 0. The van der Waals surface area contributed by atoms with Gasteiger partial charge in [-0.1, -0.05) is 117 Å². The lowest BCUT2D eigenvalue weighted by molar-refractivity contribution is -0.368. The van der Waals surface area contributed by atoms with E-state index < -0.39 is 37.0 Å². The Balaban J connectivity index is -0.000000498. The predicted molar refractivity (Wildman–Crippen MR) is 151 cm³/mol. The quantitative estimate of drug-likeness (QED) is 0.135. The number of carboxylic acids is 3. The minimum absolute atomic E-state index is 0.897. The van der Waals surface area contributed by atoms with E-state index in [0.29, 0.717) is 0 Å². The topological polar surface area (TPSA) is 182 Å². The first-order chi connectivity index (χ1) is 18.8. The summed E-state index contributed by atoms with van der Waals surface area (Å²) in [6.07, 6.45) is 25.8. The number of quaternary nitrogens is 2. The van der Waals surface area contributed by atoms with Crippen LogP contribution < -0.4 is 21.7 Å². The molecule has 0 fully saturated rings. The molecule has 0 spiro atoms. The van der Waals surface area contributed by atoms with Gasteiger partial charge in [0, 0.05) is 12.4 Å². The number of hydrogen-bond donors (Lipinski definition) is 3. The van der Waals surface area contributed by atoms with Crippen molar-refractivity contribution in [3.05, 3.63) is 0 Å². The van der Waals surface area contributed by atoms with Gasteiger partial charge in [-0.15, -0.1) is 0 Å². The number of unbranched alkanes of at least 4 members (excludes halogenated alkanes) is 18. The first-order valence-corrected chi connectivity index (χ1v) is 15.6. The molecule has 1 atom stereocenters. The second-order valence-electron chi connectivity index (χ2n) is 10.2. The second kappa shape index (κ2) is 36.3. The summed E-state index contributed by atoms with van der Waals surface area (Å²) in [5, 5.41) is 28.1. The van der Waals surface area contributed by atoms with Crippen molar-refractivity contribution in [2.45, 2.75) is 155 Å². The van der Waals surface area contributed by atoms with Crippen molar-refractivity contribution in [3.63, 3.8) is 0 Å². The third-order valence-electron chi connectivity index (χ3n) is 6.23. The van der Waals surface area contributed by atoms with Crippen LogP contribution in [-0.2, 0) is 19.1 Å². The minimum atomic E-state index is -1.79. The molecule has 0 aliphatic heterocycles. The Hall–Kier alpha value is -1.71. The molecule has 0 saturated heterocycles. The van der Waals surface area contributed by atoms with E-state index in [1.165, 1.54) is 128 Å². The van der Waals surface area contributed by atoms with Gasteiger partial charge in [0.1, 0.15) is 12.7 Å². The Kier molecular flexibility index (Phi) is 38.9. The molecule has 9 nitrogen and oxygen atoms in total. The average Bonchev–Trinajstić information content (AvgIpc) is 2.89. The third kappa shape index (κ3) is 43.6. The molecule has 39 heavy (non-hydrogen) atoms. The molecule has 1 unspecified atom stereocenters. The van der Waals surface area contributed by atoms with Crippen molar-refractivity contribution in [2.75, 3.05) is 19.7 Å². The van der Waals surface area contributed by atoms with Crippen LogP contribution >= 0.6 is 0 Å². The van der Waals surface area contributed by atoms with Gasteiger partial charge in [-0.3, -0.25) is 0 Å². The molecular weight excluding hydrogens is 500 g/mol. The van der Waals surface area contributed by atoms with Crippen LogP contribution in [0, 0.1) is 0 Å². The minimum Gasteiger partial charge on any atom is -0.550 e. The van der Waals surface area contributed by atoms with E-state index in [-0.39, 0.29) is 0 Å². The van der Waals surface area contributed by atoms with Crippen molar-refractivity contribution in [2.24, 2.45) is 0 Å². The molecule has 0 amide bonds. The Morgan fingerprint density at radius 1 is 0.615 bits per heavy atom. The normalized spacial score (nSPS) is 11.1. The number of ether oxygens (including phenoxy) is 1. The van der Waals surface area contributed by atoms with E-state index in [4.69, 9.17) is 5.11 Å². The van der Waals surface area contributed by atoms with Crippen molar-refractivity contribution in [3.8, 4) is 0 Å². The summed E-state index contributed by atoms with van der Waals surface area (Å²) in [7, 11) is 0. The monoisotopic (exact) mass is 562 g/mol. The molecule has 0 aromatic heterocycles. The number of carbonyl (C=O) groups is 3. The van der Waals surface area contributed by atoms with E-state index in [9.17, 15) is 24.6 Å². The molecule has 0 aliphatic rings. The van der Waals surface area contributed by atoms with Crippen LogP contribution in [0.4, 0.5) is 0 Å². The highest BCUT2D eigenvalue weighted by molar-refractivity contribution is 5.78. The fraction of sp³-hybridized carbons (Fsp3) is 0.900. The lowest BCUT2D eigenvalue weighted by Gasteiger charge is -2.17. The summed E-state index contributed by atoms with van der Waals surface area (Å²) < 4.78 is 4.19. The summed E-state index contributed by atoms with van der Waals surface area (Å²) in [6.45, 7) is 5.90. The van der Waals surface area contributed by atoms with Crippen LogP contribution in [0.3, 0.4) is 0 Å². The van der Waals surface area contributed by atoms with Crippen molar-refractivity contribution >= 4 is 17.9 Å². The maximum Gasteiger partial charge on any atom is 0.329 e. The van der Waals surface area contributed by atoms with Crippen molar-refractivity contribution < 1.29 is 45.9 Å². The van der Waals surface area contributed by atoms with Gasteiger partial charge in [-0.05, 0) is 25.7 Å². The number of aliphatic carboxylic acids is 3. The molecule has 0 aliphatic carbocycles.